The predicted octanol–water partition coefficient (Wildman–Crippen LogP) is 3.43. The van der Waals surface area contributed by atoms with Gasteiger partial charge in [0.1, 0.15) is 0 Å². The first-order valence-corrected chi connectivity index (χ1v) is 8.10. The van der Waals surface area contributed by atoms with Gasteiger partial charge in [0.2, 0.25) is 0 Å². The molecule has 1 atom stereocenters. The number of carbonyl (C=O) groups is 1. The number of hydrogen-bond donors (Lipinski definition) is 1. The summed E-state index contributed by atoms with van der Waals surface area (Å²) < 4.78 is 6.94. The molecule has 0 saturated carbocycles. The van der Waals surface area contributed by atoms with Crippen molar-refractivity contribution in [3.63, 3.8) is 0 Å². The Bertz CT molecular complexity index is 782. The van der Waals surface area contributed by atoms with Crippen LogP contribution in [-0.4, -0.2) is 22.8 Å². The normalized spacial score (nSPS) is 11.9. The lowest BCUT2D eigenvalue weighted by Gasteiger charge is -2.11. The number of amides is 1. The first-order valence-electron chi connectivity index (χ1n) is 7.22. The van der Waals surface area contributed by atoms with E-state index in [0.717, 1.165) is 10.6 Å². The molecule has 0 fully saturated rings. The average molecular weight is 327 g/mol. The minimum Gasteiger partial charge on any atom is -0.493 e. The van der Waals surface area contributed by atoms with Gasteiger partial charge in [-0.2, -0.15) is 5.10 Å². The van der Waals surface area contributed by atoms with Crippen molar-refractivity contribution in [2.75, 3.05) is 7.11 Å². The first-order chi connectivity index (χ1) is 11.2. The maximum Gasteiger partial charge on any atom is 0.276 e. The highest BCUT2D eigenvalue weighted by Gasteiger charge is 2.20. The van der Waals surface area contributed by atoms with E-state index in [4.69, 9.17) is 4.74 Å². The molecule has 2 aromatic heterocycles. The molecule has 1 N–H and O–H groups in total. The van der Waals surface area contributed by atoms with Crippen molar-refractivity contribution in [2.24, 2.45) is 0 Å². The Kier molecular flexibility index (Phi) is 4.43. The first kappa shape index (κ1) is 15.3. The van der Waals surface area contributed by atoms with Gasteiger partial charge in [-0.3, -0.25) is 4.79 Å². The van der Waals surface area contributed by atoms with Gasteiger partial charge >= 0.3 is 0 Å². The molecule has 0 saturated heterocycles. The number of nitrogens with zero attached hydrogens (tertiary/aromatic N) is 2. The molecular formula is C17H17N3O2S. The lowest BCUT2D eigenvalue weighted by atomic mass is 10.2. The van der Waals surface area contributed by atoms with Gasteiger partial charge in [0, 0.05) is 4.88 Å². The molecule has 0 aliphatic rings. The Morgan fingerprint density at radius 2 is 2.04 bits per heavy atom. The third-order valence-electron chi connectivity index (χ3n) is 3.45. The smallest absolute Gasteiger partial charge is 0.276 e. The number of para-hydroxylation sites is 1. The molecule has 23 heavy (non-hydrogen) atoms. The van der Waals surface area contributed by atoms with Crippen LogP contribution in [0.15, 0.2) is 54.0 Å². The van der Waals surface area contributed by atoms with Crippen LogP contribution in [0.5, 0.6) is 5.75 Å². The van der Waals surface area contributed by atoms with Crippen molar-refractivity contribution >= 4 is 17.2 Å². The molecule has 0 bridgehead atoms. The molecular weight excluding hydrogens is 310 g/mol. The summed E-state index contributed by atoms with van der Waals surface area (Å²) in [5, 5.41) is 9.31. The predicted molar refractivity (Wildman–Crippen MR) is 90.3 cm³/mol. The molecule has 0 unspecified atom stereocenters. The summed E-state index contributed by atoms with van der Waals surface area (Å²) in [6, 6.07) is 13.5. The van der Waals surface area contributed by atoms with E-state index in [1.54, 1.807) is 22.2 Å². The van der Waals surface area contributed by atoms with Crippen LogP contribution in [0, 0.1) is 0 Å². The van der Waals surface area contributed by atoms with Gasteiger partial charge in [0.25, 0.3) is 5.91 Å². The van der Waals surface area contributed by atoms with Gasteiger partial charge in [-0.15, -0.1) is 11.3 Å². The number of hydrogen-bond acceptors (Lipinski definition) is 4. The van der Waals surface area contributed by atoms with Crippen molar-refractivity contribution in [3.05, 3.63) is 64.6 Å². The fraction of sp³-hybridized carbons (Fsp3) is 0.176. The van der Waals surface area contributed by atoms with Crippen LogP contribution in [0.2, 0.25) is 0 Å². The summed E-state index contributed by atoms with van der Waals surface area (Å²) in [6.45, 7) is 1.95. The van der Waals surface area contributed by atoms with Crippen molar-refractivity contribution in [2.45, 2.75) is 13.0 Å². The van der Waals surface area contributed by atoms with E-state index < -0.39 is 0 Å². The molecule has 5 nitrogen and oxygen atoms in total. The van der Waals surface area contributed by atoms with Crippen molar-refractivity contribution in [3.8, 4) is 11.4 Å². The van der Waals surface area contributed by atoms with Crippen LogP contribution in [0.3, 0.4) is 0 Å². The van der Waals surface area contributed by atoms with Crippen molar-refractivity contribution < 1.29 is 9.53 Å². The van der Waals surface area contributed by atoms with E-state index >= 15 is 0 Å². The van der Waals surface area contributed by atoms with Crippen molar-refractivity contribution in [1.82, 2.24) is 15.1 Å². The molecule has 6 heteroatoms. The second-order valence-electron chi connectivity index (χ2n) is 5.04. The molecule has 2 heterocycles. The summed E-state index contributed by atoms with van der Waals surface area (Å²) in [5.41, 5.74) is 1.15. The second kappa shape index (κ2) is 6.66. The minimum atomic E-state index is -0.252. The summed E-state index contributed by atoms with van der Waals surface area (Å²) in [7, 11) is 1.53. The van der Waals surface area contributed by atoms with E-state index in [2.05, 4.69) is 10.4 Å². The fourth-order valence-corrected chi connectivity index (χ4v) is 2.99. The van der Waals surface area contributed by atoms with Gasteiger partial charge in [-0.1, -0.05) is 24.3 Å². The largest absolute Gasteiger partial charge is 0.493 e. The maximum atomic E-state index is 12.5. The second-order valence-corrected chi connectivity index (χ2v) is 6.02. The third-order valence-corrected chi connectivity index (χ3v) is 4.51. The highest BCUT2D eigenvalue weighted by molar-refractivity contribution is 7.10. The standard InChI is InChI=1S/C17H17N3O2S/c1-12(15-9-6-10-23-15)18-17(21)16-14(22-2)11-20(19-16)13-7-4-3-5-8-13/h3-12H,1-2H3,(H,18,21)/t12-/m1/s1. The van der Waals surface area contributed by atoms with E-state index in [0.29, 0.717) is 5.75 Å². The Balaban J connectivity index is 1.84. The molecule has 3 rings (SSSR count). The lowest BCUT2D eigenvalue weighted by molar-refractivity contribution is 0.0932. The van der Waals surface area contributed by atoms with E-state index in [1.807, 2.05) is 54.8 Å². The quantitative estimate of drug-likeness (QED) is 0.781. The number of methoxy groups -OCH3 is 1. The molecule has 0 radical (unpaired) electrons. The zero-order valence-electron chi connectivity index (χ0n) is 12.9. The van der Waals surface area contributed by atoms with Gasteiger partial charge in [0.05, 0.1) is 25.0 Å². The Hall–Kier alpha value is -2.60. The Morgan fingerprint density at radius 1 is 1.26 bits per heavy atom. The monoisotopic (exact) mass is 327 g/mol. The van der Waals surface area contributed by atoms with Crippen molar-refractivity contribution in [1.29, 1.82) is 0 Å². The molecule has 0 spiro atoms. The molecule has 0 aliphatic carbocycles. The van der Waals surface area contributed by atoms with E-state index in [-0.39, 0.29) is 17.6 Å². The molecule has 3 aromatic rings. The van der Waals surface area contributed by atoms with Crippen LogP contribution in [0.25, 0.3) is 5.69 Å². The average Bonchev–Trinajstić information content (AvgIpc) is 3.25. The molecule has 1 amide bonds. The fourth-order valence-electron chi connectivity index (χ4n) is 2.25. The number of rotatable bonds is 5. The third kappa shape index (κ3) is 3.27. The highest BCUT2D eigenvalue weighted by atomic mass is 32.1. The van der Waals surface area contributed by atoms with Crippen LogP contribution in [0.1, 0.15) is 28.3 Å². The van der Waals surface area contributed by atoms with Crippen LogP contribution < -0.4 is 10.1 Å². The number of benzene rings is 1. The van der Waals surface area contributed by atoms with Crippen LogP contribution in [0.4, 0.5) is 0 Å². The highest BCUT2D eigenvalue weighted by Crippen LogP contribution is 2.22. The minimum absolute atomic E-state index is 0.0749. The van der Waals surface area contributed by atoms with Gasteiger partial charge in [0.15, 0.2) is 11.4 Å². The number of nitrogens with one attached hydrogen (secondary N) is 1. The molecule has 118 valence electrons. The number of carbonyl (C=O) groups excluding carboxylic acids is 1. The van der Waals surface area contributed by atoms with Gasteiger partial charge < -0.3 is 10.1 Å². The Labute approximate surface area is 138 Å². The zero-order valence-corrected chi connectivity index (χ0v) is 13.7. The van der Waals surface area contributed by atoms with Crippen LogP contribution in [-0.2, 0) is 0 Å². The van der Waals surface area contributed by atoms with Gasteiger partial charge in [-0.25, -0.2) is 4.68 Å². The number of ether oxygens (including phenoxy) is 1. The lowest BCUT2D eigenvalue weighted by Crippen LogP contribution is -2.27. The molecule has 0 aliphatic heterocycles. The molecule has 1 aromatic carbocycles. The van der Waals surface area contributed by atoms with Crippen LogP contribution >= 0.6 is 11.3 Å². The summed E-state index contributed by atoms with van der Waals surface area (Å²) in [5.74, 6) is 0.196. The SMILES string of the molecule is COc1cn(-c2ccccc2)nc1C(=O)N[C@H](C)c1cccs1. The summed E-state index contributed by atoms with van der Waals surface area (Å²) >= 11 is 1.61. The maximum absolute atomic E-state index is 12.5. The topological polar surface area (TPSA) is 56.2 Å². The van der Waals surface area contributed by atoms with E-state index in [1.165, 1.54) is 7.11 Å². The summed E-state index contributed by atoms with van der Waals surface area (Å²) in [4.78, 5) is 13.6. The number of thiophene rings is 1. The Morgan fingerprint density at radius 3 is 2.70 bits per heavy atom. The van der Waals surface area contributed by atoms with E-state index in [9.17, 15) is 4.79 Å². The van der Waals surface area contributed by atoms with Gasteiger partial charge in [-0.05, 0) is 30.5 Å². The number of aromatic nitrogens is 2. The zero-order chi connectivity index (χ0) is 16.2. The summed E-state index contributed by atoms with van der Waals surface area (Å²) in [6.07, 6.45) is 1.71.